The van der Waals surface area contributed by atoms with Crippen molar-refractivity contribution in [2.45, 2.75) is 26.3 Å². The van der Waals surface area contributed by atoms with Crippen molar-refractivity contribution in [3.8, 4) is 0 Å². The lowest BCUT2D eigenvalue weighted by Gasteiger charge is -2.18. The van der Waals surface area contributed by atoms with Gasteiger partial charge in [0.15, 0.2) is 0 Å². The highest BCUT2D eigenvalue weighted by Gasteiger charge is 2.13. The predicted octanol–water partition coefficient (Wildman–Crippen LogP) is 4.47. The van der Waals surface area contributed by atoms with Crippen molar-refractivity contribution in [3.05, 3.63) is 68.1 Å². The first kappa shape index (κ1) is 15.5. The molecule has 106 valence electrons. The lowest BCUT2D eigenvalue weighted by atomic mass is 9.96. The third-order valence-corrected chi connectivity index (χ3v) is 4.42. The van der Waals surface area contributed by atoms with Crippen LogP contribution in [-0.2, 0) is 6.42 Å². The van der Waals surface area contributed by atoms with Crippen molar-refractivity contribution in [2.75, 3.05) is 0 Å². The molecule has 2 aromatic rings. The Bertz CT molecular complexity index is 613. The quantitative estimate of drug-likeness (QED) is 0.629. The Balaban J connectivity index is 2.26. The molecule has 3 N–H and O–H groups in total. The fourth-order valence-electron chi connectivity index (χ4n) is 2.16. The minimum Gasteiger partial charge on any atom is -0.271 e. The zero-order valence-electron chi connectivity index (χ0n) is 11.6. The van der Waals surface area contributed by atoms with Gasteiger partial charge in [0, 0.05) is 9.50 Å². The van der Waals surface area contributed by atoms with Crippen LogP contribution in [0.4, 0.5) is 0 Å². The Hall–Kier alpha value is -0.870. The van der Waals surface area contributed by atoms with E-state index in [1.807, 2.05) is 18.2 Å². The van der Waals surface area contributed by atoms with Crippen LogP contribution in [0, 0.1) is 13.8 Å². The first-order valence-electron chi connectivity index (χ1n) is 6.48. The van der Waals surface area contributed by atoms with Crippen molar-refractivity contribution >= 4 is 27.5 Å². The number of benzene rings is 2. The van der Waals surface area contributed by atoms with E-state index in [9.17, 15) is 0 Å². The Kier molecular flexibility index (Phi) is 5.22. The van der Waals surface area contributed by atoms with Crippen molar-refractivity contribution in [1.29, 1.82) is 0 Å². The fraction of sp³-hybridized carbons (Fsp3) is 0.250. The Morgan fingerprint density at radius 1 is 1.15 bits per heavy atom. The van der Waals surface area contributed by atoms with E-state index in [1.165, 1.54) is 16.7 Å². The number of hydrogen-bond donors (Lipinski definition) is 2. The lowest BCUT2D eigenvalue weighted by Crippen LogP contribution is -2.29. The van der Waals surface area contributed by atoms with Gasteiger partial charge < -0.3 is 0 Å². The molecule has 0 saturated heterocycles. The predicted molar refractivity (Wildman–Crippen MR) is 88.8 cm³/mol. The van der Waals surface area contributed by atoms with Crippen LogP contribution < -0.4 is 11.3 Å². The van der Waals surface area contributed by atoms with Gasteiger partial charge in [0.05, 0.1) is 6.04 Å². The molecule has 2 nitrogen and oxygen atoms in total. The molecule has 0 aromatic heterocycles. The molecule has 20 heavy (non-hydrogen) atoms. The van der Waals surface area contributed by atoms with Crippen LogP contribution in [-0.4, -0.2) is 0 Å². The van der Waals surface area contributed by atoms with E-state index in [-0.39, 0.29) is 6.04 Å². The van der Waals surface area contributed by atoms with E-state index < -0.39 is 0 Å². The summed E-state index contributed by atoms with van der Waals surface area (Å²) in [6.45, 7) is 4.22. The highest BCUT2D eigenvalue weighted by molar-refractivity contribution is 9.10. The summed E-state index contributed by atoms with van der Waals surface area (Å²) < 4.78 is 0.981. The number of halogens is 2. The minimum absolute atomic E-state index is 0.0491. The molecule has 0 aliphatic rings. The number of hydrogen-bond acceptors (Lipinski definition) is 2. The van der Waals surface area contributed by atoms with Gasteiger partial charge in [0.25, 0.3) is 0 Å². The molecular weight excluding hydrogens is 336 g/mol. The molecule has 0 amide bonds. The summed E-state index contributed by atoms with van der Waals surface area (Å²) in [5.74, 6) is 5.72. The third-order valence-electron chi connectivity index (χ3n) is 3.57. The number of hydrazine groups is 1. The highest BCUT2D eigenvalue weighted by atomic mass is 79.9. The smallest absolute Gasteiger partial charge is 0.0500 e. The number of nitrogens with two attached hydrogens (primary N) is 1. The SMILES string of the molecule is Cc1ccc(C(Cc2ccc(Br)cc2Cl)NN)cc1C. The standard InChI is InChI=1S/C16H18BrClN2/c1-10-3-4-13(7-11(10)2)16(20-19)8-12-5-6-14(17)9-15(12)18/h3-7,9,16,20H,8,19H2,1-2H3. The van der Waals surface area contributed by atoms with Crippen molar-refractivity contribution < 1.29 is 0 Å². The van der Waals surface area contributed by atoms with Gasteiger partial charge in [-0.3, -0.25) is 11.3 Å². The first-order valence-corrected chi connectivity index (χ1v) is 7.65. The molecule has 1 atom stereocenters. The normalized spacial score (nSPS) is 12.4. The average molecular weight is 354 g/mol. The molecule has 0 aliphatic carbocycles. The van der Waals surface area contributed by atoms with E-state index in [2.05, 4.69) is 53.4 Å². The van der Waals surface area contributed by atoms with E-state index >= 15 is 0 Å². The van der Waals surface area contributed by atoms with E-state index in [4.69, 9.17) is 17.4 Å². The maximum absolute atomic E-state index is 6.28. The van der Waals surface area contributed by atoms with Crippen LogP contribution >= 0.6 is 27.5 Å². The molecule has 0 fully saturated rings. The van der Waals surface area contributed by atoms with Crippen molar-refractivity contribution in [1.82, 2.24) is 5.43 Å². The van der Waals surface area contributed by atoms with Crippen LogP contribution in [0.2, 0.25) is 5.02 Å². The summed E-state index contributed by atoms with van der Waals surface area (Å²) in [6, 6.07) is 12.4. The Labute approximate surface area is 133 Å². The number of rotatable bonds is 4. The highest BCUT2D eigenvalue weighted by Crippen LogP contribution is 2.26. The zero-order chi connectivity index (χ0) is 14.7. The summed E-state index contributed by atoms with van der Waals surface area (Å²) in [4.78, 5) is 0. The molecule has 0 saturated carbocycles. The molecule has 4 heteroatoms. The third kappa shape index (κ3) is 3.61. The van der Waals surface area contributed by atoms with Gasteiger partial charge in [-0.2, -0.15) is 0 Å². The van der Waals surface area contributed by atoms with Gasteiger partial charge >= 0.3 is 0 Å². The molecule has 0 spiro atoms. The molecule has 0 heterocycles. The van der Waals surface area contributed by atoms with Crippen LogP contribution in [0.1, 0.15) is 28.3 Å². The van der Waals surface area contributed by atoms with Gasteiger partial charge in [0.2, 0.25) is 0 Å². The summed E-state index contributed by atoms with van der Waals surface area (Å²) >= 11 is 9.69. The molecular formula is C16H18BrClN2. The number of aryl methyl sites for hydroxylation is 2. The van der Waals surface area contributed by atoms with Gasteiger partial charge in [-0.1, -0.05) is 51.8 Å². The second-order valence-electron chi connectivity index (χ2n) is 5.00. The first-order chi connectivity index (χ1) is 9.51. The molecule has 2 aromatic carbocycles. The van der Waals surface area contributed by atoms with E-state index in [0.29, 0.717) is 0 Å². The van der Waals surface area contributed by atoms with Crippen molar-refractivity contribution in [2.24, 2.45) is 5.84 Å². The molecule has 0 aliphatic heterocycles. The molecule has 0 radical (unpaired) electrons. The van der Waals surface area contributed by atoms with Crippen molar-refractivity contribution in [3.63, 3.8) is 0 Å². The summed E-state index contributed by atoms with van der Waals surface area (Å²) in [7, 11) is 0. The molecule has 2 rings (SSSR count). The maximum Gasteiger partial charge on any atom is 0.0500 e. The van der Waals surface area contributed by atoms with Crippen LogP contribution in [0.25, 0.3) is 0 Å². The Morgan fingerprint density at radius 3 is 2.50 bits per heavy atom. The van der Waals surface area contributed by atoms with Gasteiger partial charge in [-0.25, -0.2) is 0 Å². The average Bonchev–Trinajstić information content (AvgIpc) is 2.41. The molecule has 0 bridgehead atoms. The van der Waals surface area contributed by atoms with Gasteiger partial charge in [-0.05, 0) is 54.7 Å². The molecule has 1 unspecified atom stereocenters. The largest absolute Gasteiger partial charge is 0.271 e. The fourth-order valence-corrected chi connectivity index (χ4v) is 2.91. The Morgan fingerprint density at radius 2 is 1.90 bits per heavy atom. The van der Waals surface area contributed by atoms with Crippen LogP contribution in [0.3, 0.4) is 0 Å². The summed E-state index contributed by atoms with van der Waals surface area (Å²) in [5.41, 5.74) is 7.69. The maximum atomic E-state index is 6.28. The number of nitrogens with one attached hydrogen (secondary N) is 1. The van der Waals surface area contributed by atoms with Gasteiger partial charge in [0.1, 0.15) is 0 Å². The van der Waals surface area contributed by atoms with E-state index in [1.54, 1.807) is 0 Å². The topological polar surface area (TPSA) is 38.0 Å². The monoisotopic (exact) mass is 352 g/mol. The minimum atomic E-state index is 0.0491. The zero-order valence-corrected chi connectivity index (χ0v) is 13.9. The summed E-state index contributed by atoms with van der Waals surface area (Å²) in [5, 5.41) is 0.753. The van der Waals surface area contributed by atoms with E-state index in [0.717, 1.165) is 21.5 Å². The van der Waals surface area contributed by atoms with Crippen LogP contribution in [0.5, 0.6) is 0 Å². The van der Waals surface area contributed by atoms with Crippen LogP contribution in [0.15, 0.2) is 40.9 Å². The van der Waals surface area contributed by atoms with Gasteiger partial charge in [-0.15, -0.1) is 0 Å². The summed E-state index contributed by atoms with van der Waals surface area (Å²) in [6.07, 6.45) is 0.755. The lowest BCUT2D eigenvalue weighted by molar-refractivity contribution is 0.551. The second kappa shape index (κ2) is 6.72. The second-order valence-corrected chi connectivity index (χ2v) is 6.33.